The lowest BCUT2D eigenvalue weighted by atomic mass is 10.2. The molecule has 0 heterocycles. The highest BCUT2D eigenvalue weighted by molar-refractivity contribution is 5.94. The summed E-state index contributed by atoms with van der Waals surface area (Å²) < 4.78 is 5.44. The maximum atomic E-state index is 12.1. The van der Waals surface area contributed by atoms with Crippen molar-refractivity contribution in [1.29, 1.82) is 0 Å². The first-order chi connectivity index (χ1) is 12.6. The Balaban J connectivity index is 1.88. The zero-order valence-corrected chi connectivity index (χ0v) is 14.7. The van der Waals surface area contributed by atoms with Crippen molar-refractivity contribution in [3.05, 3.63) is 61.2 Å². The van der Waals surface area contributed by atoms with Crippen molar-refractivity contribution in [2.45, 2.75) is 13.3 Å². The number of ether oxygens (including phenoxy) is 1. The SMILES string of the molecule is C=CCOc1cccc(NC(=O)CNc2cccc(NC(=O)CC)c2)c1. The number of carbonyl (C=O) groups is 2. The summed E-state index contributed by atoms with van der Waals surface area (Å²) in [4.78, 5) is 23.6. The third-order valence-corrected chi connectivity index (χ3v) is 3.41. The predicted molar refractivity (Wildman–Crippen MR) is 105 cm³/mol. The van der Waals surface area contributed by atoms with Crippen LogP contribution < -0.4 is 20.7 Å². The van der Waals surface area contributed by atoms with E-state index >= 15 is 0 Å². The topological polar surface area (TPSA) is 79.5 Å². The van der Waals surface area contributed by atoms with Crippen LogP contribution in [-0.4, -0.2) is 25.0 Å². The lowest BCUT2D eigenvalue weighted by Crippen LogP contribution is -2.21. The summed E-state index contributed by atoms with van der Waals surface area (Å²) >= 11 is 0. The summed E-state index contributed by atoms with van der Waals surface area (Å²) in [6.45, 7) is 5.90. The molecule has 0 saturated heterocycles. The molecule has 0 aromatic heterocycles. The lowest BCUT2D eigenvalue weighted by Gasteiger charge is -2.11. The van der Waals surface area contributed by atoms with Gasteiger partial charge in [-0.1, -0.05) is 31.7 Å². The molecule has 0 spiro atoms. The number of rotatable bonds is 9. The Morgan fingerprint density at radius 2 is 1.65 bits per heavy atom. The van der Waals surface area contributed by atoms with Crippen molar-refractivity contribution < 1.29 is 14.3 Å². The normalized spacial score (nSPS) is 9.88. The van der Waals surface area contributed by atoms with Crippen molar-refractivity contribution in [3.63, 3.8) is 0 Å². The predicted octanol–water partition coefficient (Wildman–Crippen LogP) is 3.65. The number of nitrogens with one attached hydrogen (secondary N) is 3. The van der Waals surface area contributed by atoms with Crippen molar-refractivity contribution in [1.82, 2.24) is 0 Å². The van der Waals surface area contributed by atoms with E-state index in [0.29, 0.717) is 30.2 Å². The summed E-state index contributed by atoms with van der Waals surface area (Å²) in [5.74, 6) is 0.419. The zero-order chi connectivity index (χ0) is 18.8. The van der Waals surface area contributed by atoms with Gasteiger partial charge in [-0.2, -0.15) is 0 Å². The van der Waals surface area contributed by atoms with Crippen LogP contribution in [0, 0.1) is 0 Å². The van der Waals surface area contributed by atoms with E-state index in [4.69, 9.17) is 4.74 Å². The average Bonchev–Trinajstić information content (AvgIpc) is 2.65. The highest BCUT2D eigenvalue weighted by Gasteiger charge is 2.05. The smallest absolute Gasteiger partial charge is 0.243 e. The Bertz CT molecular complexity index is 774. The molecule has 0 radical (unpaired) electrons. The minimum Gasteiger partial charge on any atom is -0.489 e. The summed E-state index contributed by atoms with van der Waals surface area (Å²) in [7, 11) is 0. The summed E-state index contributed by atoms with van der Waals surface area (Å²) in [5.41, 5.74) is 2.09. The fraction of sp³-hybridized carbons (Fsp3) is 0.200. The second-order valence-electron chi connectivity index (χ2n) is 5.51. The van der Waals surface area contributed by atoms with Crippen LogP contribution in [0.3, 0.4) is 0 Å². The first-order valence-electron chi connectivity index (χ1n) is 8.38. The molecular weight excluding hydrogens is 330 g/mol. The minimum absolute atomic E-state index is 0.0570. The third kappa shape index (κ3) is 6.32. The van der Waals surface area contributed by atoms with Gasteiger partial charge in [0.15, 0.2) is 0 Å². The number of anilines is 3. The molecule has 26 heavy (non-hydrogen) atoms. The highest BCUT2D eigenvalue weighted by Crippen LogP contribution is 2.18. The van der Waals surface area contributed by atoms with Gasteiger partial charge in [0.2, 0.25) is 11.8 Å². The number of hydrogen-bond donors (Lipinski definition) is 3. The molecule has 0 aliphatic heterocycles. The van der Waals surface area contributed by atoms with Crippen molar-refractivity contribution >= 4 is 28.9 Å². The summed E-state index contributed by atoms with van der Waals surface area (Å²) in [6, 6.07) is 14.4. The van der Waals surface area contributed by atoms with Crippen LogP contribution in [0.2, 0.25) is 0 Å². The van der Waals surface area contributed by atoms with Gasteiger partial charge in [-0.3, -0.25) is 9.59 Å². The zero-order valence-electron chi connectivity index (χ0n) is 14.7. The van der Waals surface area contributed by atoms with E-state index in [-0.39, 0.29) is 18.4 Å². The van der Waals surface area contributed by atoms with Gasteiger partial charge in [0.1, 0.15) is 12.4 Å². The van der Waals surface area contributed by atoms with Crippen molar-refractivity contribution in [2.24, 2.45) is 0 Å². The molecule has 0 bridgehead atoms. The molecule has 0 aliphatic carbocycles. The maximum absolute atomic E-state index is 12.1. The van der Waals surface area contributed by atoms with Gasteiger partial charge in [-0.25, -0.2) is 0 Å². The van der Waals surface area contributed by atoms with E-state index < -0.39 is 0 Å². The van der Waals surface area contributed by atoms with Gasteiger partial charge < -0.3 is 20.7 Å². The molecular formula is C20H23N3O3. The lowest BCUT2D eigenvalue weighted by molar-refractivity contribution is -0.116. The molecule has 2 amide bonds. The molecule has 0 unspecified atom stereocenters. The molecule has 0 atom stereocenters. The second kappa shape index (κ2) is 9.88. The Morgan fingerprint density at radius 1 is 1.00 bits per heavy atom. The summed E-state index contributed by atoms with van der Waals surface area (Å²) in [5, 5.41) is 8.63. The molecule has 2 rings (SSSR count). The van der Waals surface area contributed by atoms with Gasteiger partial charge in [0.25, 0.3) is 0 Å². The fourth-order valence-electron chi connectivity index (χ4n) is 2.16. The number of hydrogen-bond acceptors (Lipinski definition) is 4. The molecule has 0 aliphatic rings. The molecule has 136 valence electrons. The van der Waals surface area contributed by atoms with E-state index in [1.807, 2.05) is 18.2 Å². The first kappa shape index (κ1) is 19.1. The molecule has 0 saturated carbocycles. The molecule has 0 fully saturated rings. The van der Waals surface area contributed by atoms with Gasteiger partial charge in [0, 0.05) is 29.5 Å². The van der Waals surface area contributed by atoms with E-state index in [2.05, 4.69) is 22.5 Å². The maximum Gasteiger partial charge on any atom is 0.243 e. The quantitative estimate of drug-likeness (QED) is 0.601. The van der Waals surface area contributed by atoms with Crippen LogP contribution >= 0.6 is 0 Å². The van der Waals surface area contributed by atoms with E-state index in [1.165, 1.54) is 0 Å². The van der Waals surface area contributed by atoms with E-state index in [0.717, 1.165) is 5.69 Å². The molecule has 2 aromatic carbocycles. The van der Waals surface area contributed by atoms with Crippen LogP contribution in [0.25, 0.3) is 0 Å². The van der Waals surface area contributed by atoms with E-state index in [9.17, 15) is 9.59 Å². The van der Waals surface area contributed by atoms with Crippen molar-refractivity contribution in [3.8, 4) is 5.75 Å². The standard InChI is InChI=1S/C20H23N3O3/c1-3-11-26-18-10-6-9-17(13-18)23-20(25)14-21-15-7-5-8-16(12-15)22-19(24)4-2/h3,5-10,12-13,21H,1,4,11,14H2,2H3,(H,22,24)(H,23,25). The third-order valence-electron chi connectivity index (χ3n) is 3.41. The Morgan fingerprint density at radius 3 is 2.38 bits per heavy atom. The van der Waals surface area contributed by atoms with Crippen LogP contribution in [0.4, 0.5) is 17.1 Å². The molecule has 3 N–H and O–H groups in total. The van der Waals surface area contributed by atoms with Crippen LogP contribution in [0.15, 0.2) is 61.2 Å². The van der Waals surface area contributed by atoms with Crippen LogP contribution in [0.5, 0.6) is 5.75 Å². The molecule has 2 aromatic rings. The van der Waals surface area contributed by atoms with Crippen LogP contribution in [-0.2, 0) is 9.59 Å². The van der Waals surface area contributed by atoms with Gasteiger partial charge in [-0.15, -0.1) is 0 Å². The second-order valence-corrected chi connectivity index (χ2v) is 5.51. The first-order valence-corrected chi connectivity index (χ1v) is 8.38. The van der Waals surface area contributed by atoms with Gasteiger partial charge in [-0.05, 0) is 30.3 Å². The molecule has 6 nitrogen and oxygen atoms in total. The number of benzene rings is 2. The molecule has 6 heteroatoms. The number of amides is 2. The average molecular weight is 353 g/mol. The van der Waals surface area contributed by atoms with Crippen molar-refractivity contribution in [2.75, 3.05) is 29.1 Å². The largest absolute Gasteiger partial charge is 0.489 e. The van der Waals surface area contributed by atoms with E-state index in [1.54, 1.807) is 43.3 Å². The Kier molecular flexibility index (Phi) is 7.24. The highest BCUT2D eigenvalue weighted by atomic mass is 16.5. The minimum atomic E-state index is -0.186. The Hall–Kier alpha value is -3.28. The van der Waals surface area contributed by atoms with Crippen LogP contribution in [0.1, 0.15) is 13.3 Å². The van der Waals surface area contributed by atoms with Gasteiger partial charge in [0.05, 0.1) is 6.54 Å². The van der Waals surface area contributed by atoms with Gasteiger partial charge >= 0.3 is 0 Å². The summed E-state index contributed by atoms with van der Waals surface area (Å²) in [6.07, 6.45) is 2.07. The monoisotopic (exact) mass is 353 g/mol. The Labute approximate surface area is 153 Å². The fourth-order valence-corrected chi connectivity index (χ4v) is 2.16. The number of carbonyl (C=O) groups excluding carboxylic acids is 2.